The summed E-state index contributed by atoms with van der Waals surface area (Å²) in [5, 5.41) is 0. The number of nitrogen functional groups attached to an aromatic ring is 1. The molecule has 1 unspecified atom stereocenters. The smallest absolute Gasteiger partial charge is 0.181 e. The topological polar surface area (TPSA) is 60.2 Å². The summed E-state index contributed by atoms with van der Waals surface area (Å²) in [6.07, 6.45) is 0.835. The Morgan fingerprint density at radius 3 is 2.47 bits per heavy atom. The molecule has 3 nitrogen and oxygen atoms in total. The average Bonchev–Trinajstić information content (AvgIpc) is 2.36. The summed E-state index contributed by atoms with van der Waals surface area (Å²) in [4.78, 5) is 0.249. The molecule has 1 aliphatic rings. The van der Waals surface area contributed by atoms with Gasteiger partial charge in [-0.05, 0) is 29.7 Å². The molecule has 2 N–H and O–H groups in total. The molecule has 0 aromatic heterocycles. The number of hydrogen-bond donors (Lipinski definition) is 1. The van der Waals surface area contributed by atoms with Gasteiger partial charge in [-0.3, -0.25) is 0 Å². The summed E-state index contributed by atoms with van der Waals surface area (Å²) in [6, 6.07) is 14.7. The number of benzene rings is 2. The zero-order chi connectivity index (χ0) is 13.5. The molecule has 98 valence electrons. The molecular weight excluding hydrogens is 258 g/mol. The van der Waals surface area contributed by atoms with Gasteiger partial charge in [0.15, 0.2) is 9.84 Å². The highest BCUT2D eigenvalue weighted by Gasteiger charge is 2.31. The lowest BCUT2D eigenvalue weighted by atomic mass is 9.79. The predicted molar refractivity (Wildman–Crippen MR) is 75.8 cm³/mol. The van der Waals surface area contributed by atoms with Crippen LogP contribution in [0, 0.1) is 0 Å². The first-order chi connectivity index (χ1) is 9.08. The third-order valence-electron chi connectivity index (χ3n) is 3.64. The van der Waals surface area contributed by atoms with Crippen molar-refractivity contribution in [1.29, 1.82) is 0 Å². The van der Waals surface area contributed by atoms with Crippen molar-refractivity contribution in [2.45, 2.75) is 17.2 Å². The highest BCUT2D eigenvalue weighted by molar-refractivity contribution is 7.91. The molecule has 0 heterocycles. The Morgan fingerprint density at radius 2 is 1.74 bits per heavy atom. The Hall–Kier alpha value is -1.81. The maximum Gasteiger partial charge on any atom is 0.181 e. The minimum atomic E-state index is -3.32. The molecule has 0 radical (unpaired) electrons. The van der Waals surface area contributed by atoms with Crippen LogP contribution in [0.3, 0.4) is 0 Å². The number of para-hydroxylation sites is 1. The molecule has 19 heavy (non-hydrogen) atoms. The molecule has 0 saturated carbocycles. The van der Waals surface area contributed by atoms with Crippen LogP contribution >= 0.6 is 0 Å². The molecular formula is C15H15NO2S. The maximum absolute atomic E-state index is 12.4. The van der Waals surface area contributed by atoms with Crippen LogP contribution in [-0.4, -0.2) is 14.2 Å². The van der Waals surface area contributed by atoms with Crippen molar-refractivity contribution in [3.05, 3.63) is 59.7 Å². The number of rotatable bonds is 3. The standard InChI is InChI=1S/C15H15NO2S/c16-14-7-3-4-8-15(14)19(17,18)10-12-9-11-5-1-2-6-13(11)12/h1-8,12H,9-10,16H2. The van der Waals surface area contributed by atoms with E-state index in [1.165, 1.54) is 5.56 Å². The zero-order valence-electron chi connectivity index (χ0n) is 10.4. The van der Waals surface area contributed by atoms with Gasteiger partial charge in [0.2, 0.25) is 0 Å². The number of sulfone groups is 1. The second-order valence-electron chi connectivity index (χ2n) is 4.92. The van der Waals surface area contributed by atoms with Crippen molar-refractivity contribution < 1.29 is 8.42 Å². The number of nitrogens with two attached hydrogens (primary N) is 1. The molecule has 2 aromatic carbocycles. The Kier molecular flexibility index (Phi) is 2.82. The van der Waals surface area contributed by atoms with Crippen LogP contribution in [0.1, 0.15) is 17.0 Å². The largest absolute Gasteiger partial charge is 0.398 e. The van der Waals surface area contributed by atoms with E-state index < -0.39 is 9.84 Å². The fourth-order valence-corrected chi connectivity index (χ4v) is 4.35. The number of anilines is 1. The quantitative estimate of drug-likeness (QED) is 0.873. The maximum atomic E-state index is 12.4. The van der Waals surface area contributed by atoms with Crippen LogP contribution in [0.4, 0.5) is 5.69 Å². The van der Waals surface area contributed by atoms with E-state index in [-0.39, 0.29) is 16.6 Å². The van der Waals surface area contributed by atoms with Crippen molar-refractivity contribution in [1.82, 2.24) is 0 Å². The normalized spacial score (nSPS) is 17.6. The van der Waals surface area contributed by atoms with Gasteiger partial charge < -0.3 is 5.73 Å². The Balaban J connectivity index is 1.87. The average molecular weight is 273 g/mol. The minimum absolute atomic E-state index is 0.0980. The van der Waals surface area contributed by atoms with Gasteiger partial charge in [-0.1, -0.05) is 36.4 Å². The molecule has 3 rings (SSSR count). The molecule has 0 aliphatic heterocycles. The van der Waals surface area contributed by atoms with E-state index in [4.69, 9.17) is 5.73 Å². The molecule has 0 bridgehead atoms. The van der Waals surface area contributed by atoms with Crippen LogP contribution in [0.15, 0.2) is 53.4 Å². The lowest BCUT2D eigenvalue weighted by molar-refractivity contribution is 0.577. The molecule has 0 saturated heterocycles. The van der Waals surface area contributed by atoms with E-state index in [2.05, 4.69) is 6.07 Å². The highest BCUT2D eigenvalue weighted by Crippen LogP contribution is 2.37. The fourth-order valence-electron chi connectivity index (χ4n) is 2.63. The number of fused-ring (bicyclic) bond motifs is 1. The SMILES string of the molecule is Nc1ccccc1S(=O)(=O)CC1Cc2ccccc21. The van der Waals surface area contributed by atoms with Crippen molar-refractivity contribution in [3.63, 3.8) is 0 Å². The predicted octanol–water partition coefficient (Wildman–Crippen LogP) is 2.38. The van der Waals surface area contributed by atoms with Crippen molar-refractivity contribution in [2.24, 2.45) is 0 Å². The molecule has 0 fully saturated rings. The summed E-state index contributed by atoms with van der Waals surface area (Å²) < 4.78 is 24.8. The summed E-state index contributed by atoms with van der Waals surface area (Å²) in [7, 11) is -3.32. The molecule has 2 aromatic rings. The molecule has 0 amide bonds. The Morgan fingerprint density at radius 1 is 1.05 bits per heavy atom. The monoisotopic (exact) mass is 273 g/mol. The summed E-state index contributed by atoms with van der Waals surface area (Å²) >= 11 is 0. The van der Waals surface area contributed by atoms with Crippen molar-refractivity contribution >= 4 is 15.5 Å². The zero-order valence-corrected chi connectivity index (χ0v) is 11.2. The van der Waals surface area contributed by atoms with Crippen LogP contribution in [0.2, 0.25) is 0 Å². The van der Waals surface area contributed by atoms with E-state index >= 15 is 0 Å². The van der Waals surface area contributed by atoms with Gasteiger partial charge in [0, 0.05) is 5.92 Å². The fraction of sp³-hybridized carbons (Fsp3) is 0.200. The highest BCUT2D eigenvalue weighted by atomic mass is 32.2. The van der Waals surface area contributed by atoms with E-state index in [9.17, 15) is 8.42 Å². The van der Waals surface area contributed by atoms with Gasteiger partial charge in [0.05, 0.1) is 16.3 Å². The summed E-state index contributed by atoms with van der Waals surface area (Å²) in [6.45, 7) is 0. The second-order valence-corrected chi connectivity index (χ2v) is 6.92. The minimum Gasteiger partial charge on any atom is -0.398 e. The molecule has 1 aliphatic carbocycles. The van der Waals surface area contributed by atoms with Gasteiger partial charge in [-0.25, -0.2) is 8.42 Å². The number of hydrogen-bond acceptors (Lipinski definition) is 3. The molecule has 1 atom stereocenters. The van der Waals surface area contributed by atoms with Crippen LogP contribution in [-0.2, 0) is 16.3 Å². The lowest BCUT2D eigenvalue weighted by Crippen LogP contribution is -2.25. The van der Waals surface area contributed by atoms with Crippen molar-refractivity contribution in [2.75, 3.05) is 11.5 Å². The third kappa shape index (κ3) is 2.12. The van der Waals surface area contributed by atoms with Gasteiger partial charge >= 0.3 is 0 Å². The van der Waals surface area contributed by atoms with Gasteiger partial charge in [0.1, 0.15) is 0 Å². The Bertz CT molecular complexity index is 722. The second kappa shape index (κ2) is 4.38. The van der Waals surface area contributed by atoms with Crippen LogP contribution in [0.25, 0.3) is 0 Å². The molecule has 0 spiro atoms. The lowest BCUT2D eigenvalue weighted by Gasteiger charge is -2.29. The first-order valence-electron chi connectivity index (χ1n) is 6.23. The van der Waals surface area contributed by atoms with Crippen LogP contribution in [0.5, 0.6) is 0 Å². The molecule has 4 heteroatoms. The van der Waals surface area contributed by atoms with E-state index in [1.54, 1.807) is 24.3 Å². The summed E-state index contributed by atoms with van der Waals surface area (Å²) in [5.74, 6) is 0.235. The van der Waals surface area contributed by atoms with Crippen molar-refractivity contribution in [3.8, 4) is 0 Å². The Labute approximate surface area is 113 Å². The van der Waals surface area contributed by atoms with Gasteiger partial charge in [-0.2, -0.15) is 0 Å². The third-order valence-corrected chi connectivity index (χ3v) is 5.52. The van der Waals surface area contributed by atoms with E-state index in [1.807, 2.05) is 18.2 Å². The first-order valence-corrected chi connectivity index (χ1v) is 7.88. The van der Waals surface area contributed by atoms with E-state index in [0.29, 0.717) is 5.69 Å². The van der Waals surface area contributed by atoms with E-state index in [0.717, 1.165) is 12.0 Å². The van der Waals surface area contributed by atoms with Gasteiger partial charge in [0.25, 0.3) is 0 Å². The van der Waals surface area contributed by atoms with Gasteiger partial charge in [-0.15, -0.1) is 0 Å². The summed E-state index contributed by atoms with van der Waals surface area (Å²) in [5.41, 5.74) is 8.49. The van der Waals surface area contributed by atoms with Crippen LogP contribution < -0.4 is 5.73 Å². The first kappa shape index (κ1) is 12.2.